The molecule has 2 nitrogen and oxygen atoms in total. The van der Waals surface area contributed by atoms with Gasteiger partial charge in [-0.1, -0.05) is 30.3 Å². The van der Waals surface area contributed by atoms with E-state index in [0.29, 0.717) is 5.75 Å². The smallest absolute Gasteiger partial charge is 0.416 e. The van der Waals surface area contributed by atoms with Crippen molar-refractivity contribution in [3.05, 3.63) is 65.7 Å². The monoisotopic (exact) mass is 335 g/mol. The molecule has 0 unspecified atom stereocenters. The maximum absolute atomic E-state index is 12.7. The Morgan fingerprint density at radius 2 is 1.67 bits per heavy atom. The van der Waals surface area contributed by atoms with E-state index in [1.165, 1.54) is 17.7 Å². The van der Waals surface area contributed by atoms with Gasteiger partial charge in [0.2, 0.25) is 0 Å². The molecule has 5 heteroatoms. The van der Waals surface area contributed by atoms with Gasteiger partial charge in [0.15, 0.2) is 0 Å². The molecule has 1 heterocycles. The summed E-state index contributed by atoms with van der Waals surface area (Å²) >= 11 is 0. The standard InChI is InChI=1S/C19H20F3NO/c1-23-12-11-18(17(13-23)14-5-3-2-4-6-14)24-16-9-7-15(8-10-16)19(20,21)22/h2-10,17-18H,11-13H2,1H3/t17-,18-/m1/s1. The summed E-state index contributed by atoms with van der Waals surface area (Å²) in [6, 6.07) is 15.1. The Morgan fingerprint density at radius 1 is 1.00 bits per heavy atom. The molecule has 0 N–H and O–H groups in total. The Bertz CT molecular complexity index is 655. The summed E-state index contributed by atoms with van der Waals surface area (Å²) in [6.07, 6.45) is -3.52. The van der Waals surface area contributed by atoms with Crippen LogP contribution in [0.3, 0.4) is 0 Å². The van der Waals surface area contributed by atoms with Gasteiger partial charge in [-0.05, 0) is 43.3 Å². The molecule has 3 rings (SSSR count). The highest BCUT2D eigenvalue weighted by molar-refractivity contribution is 5.30. The van der Waals surface area contributed by atoms with Crippen molar-refractivity contribution in [2.75, 3.05) is 20.1 Å². The van der Waals surface area contributed by atoms with E-state index in [0.717, 1.165) is 31.6 Å². The van der Waals surface area contributed by atoms with Crippen LogP contribution in [0.15, 0.2) is 54.6 Å². The number of likely N-dealkylation sites (tertiary alicyclic amines) is 1. The van der Waals surface area contributed by atoms with E-state index in [1.807, 2.05) is 18.2 Å². The minimum atomic E-state index is -4.32. The average molecular weight is 335 g/mol. The van der Waals surface area contributed by atoms with Crippen LogP contribution >= 0.6 is 0 Å². The van der Waals surface area contributed by atoms with Crippen LogP contribution in [-0.4, -0.2) is 31.1 Å². The van der Waals surface area contributed by atoms with Crippen LogP contribution < -0.4 is 4.74 Å². The average Bonchev–Trinajstić information content (AvgIpc) is 2.57. The zero-order valence-corrected chi connectivity index (χ0v) is 13.5. The van der Waals surface area contributed by atoms with Crippen LogP contribution in [0.1, 0.15) is 23.5 Å². The van der Waals surface area contributed by atoms with E-state index in [-0.39, 0.29) is 12.0 Å². The fourth-order valence-electron chi connectivity index (χ4n) is 3.15. The van der Waals surface area contributed by atoms with Gasteiger partial charge in [-0.15, -0.1) is 0 Å². The largest absolute Gasteiger partial charge is 0.490 e. The van der Waals surface area contributed by atoms with Gasteiger partial charge in [0.25, 0.3) is 0 Å². The Balaban J connectivity index is 1.77. The molecule has 128 valence electrons. The summed E-state index contributed by atoms with van der Waals surface area (Å²) in [5, 5.41) is 0. The lowest BCUT2D eigenvalue weighted by Crippen LogP contribution is -2.42. The third kappa shape index (κ3) is 3.90. The molecule has 2 atom stereocenters. The number of piperidine rings is 1. The zero-order valence-electron chi connectivity index (χ0n) is 13.5. The van der Waals surface area contributed by atoms with E-state index in [2.05, 4.69) is 24.1 Å². The van der Waals surface area contributed by atoms with E-state index in [4.69, 9.17) is 4.74 Å². The minimum absolute atomic E-state index is 0.0414. The third-order valence-electron chi connectivity index (χ3n) is 4.45. The molecule has 0 bridgehead atoms. The van der Waals surface area contributed by atoms with Crippen molar-refractivity contribution in [3.63, 3.8) is 0 Å². The van der Waals surface area contributed by atoms with Crippen molar-refractivity contribution in [3.8, 4) is 5.75 Å². The topological polar surface area (TPSA) is 12.5 Å². The summed E-state index contributed by atoms with van der Waals surface area (Å²) in [4.78, 5) is 2.25. The first-order valence-electron chi connectivity index (χ1n) is 8.01. The Morgan fingerprint density at radius 3 is 2.29 bits per heavy atom. The van der Waals surface area contributed by atoms with Crippen molar-refractivity contribution in [1.82, 2.24) is 4.90 Å². The molecule has 0 amide bonds. The number of halogens is 3. The van der Waals surface area contributed by atoms with Crippen LogP contribution in [0.25, 0.3) is 0 Å². The fourth-order valence-corrected chi connectivity index (χ4v) is 3.15. The minimum Gasteiger partial charge on any atom is -0.490 e. The number of hydrogen-bond acceptors (Lipinski definition) is 2. The van der Waals surface area contributed by atoms with Gasteiger partial charge in [0.05, 0.1) is 5.56 Å². The summed E-state index contributed by atoms with van der Waals surface area (Å²) in [5.41, 5.74) is 0.541. The van der Waals surface area contributed by atoms with Gasteiger partial charge in [-0.25, -0.2) is 0 Å². The van der Waals surface area contributed by atoms with Crippen LogP contribution in [0, 0.1) is 0 Å². The summed E-state index contributed by atoms with van der Waals surface area (Å²) < 4.78 is 44.0. The van der Waals surface area contributed by atoms with Crippen molar-refractivity contribution >= 4 is 0 Å². The number of ether oxygens (including phenoxy) is 1. The lowest BCUT2D eigenvalue weighted by atomic mass is 9.88. The Labute approximate surface area is 139 Å². The molecular formula is C19H20F3NO. The Kier molecular flexibility index (Phi) is 4.81. The van der Waals surface area contributed by atoms with Gasteiger partial charge in [-0.3, -0.25) is 0 Å². The van der Waals surface area contributed by atoms with Crippen LogP contribution in [-0.2, 0) is 6.18 Å². The second-order valence-corrected chi connectivity index (χ2v) is 6.25. The first-order valence-corrected chi connectivity index (χ1v) is 8.01. The molecule has 0 radical (unpaired) electrons. The number of rotatable bonds is 3. The van der Waals surface area contributed by atoms with Gasteiger partial charge < -0.3 is 9.64 Å². The predicted octanol–water partition coefficient (Wildman–Crippen LogP) is 4.57. The van der Waals surface area contributed by atoms with Gasteiger partial charge in [-0.2, -0.15) is 13.2 Å². The Hall–Kier alpha value is -2.01. The van der Waals surface area contributed by atoms with Crippen LogP contribution in [0.2, 0.25) is 0 Å². The van der Waals surface area contributed by atoms with Crippen molar-refractivity contribution < 1.29 is 17.9 Å². The van der Waals surface area contributed by atoms with E-state index in [1.54, 1.807) is 0 Å². The lowest BCUT2D eigenvalue weighted by molar-refractivity contribution is -0.137. The molecule has 1 aliphatic heterocycles. The maximum Gasteiger partial charge on any atom is 0.416 e. The normalized spacial score (nSPS) is 22.3. The van der Waals surface area contributed by atoms with E-state index in [9.17, 15) is 13.2 Å². The molecule has 0 aliphatic carbocycles. The first-order chi connectivity index (χ1) is 11.4. The van der Waals surface area contributed by atoms with Gasteiger partial charge in [0.1, 0.15) is 11.9 Å². The number of benzene rings is 2. The fraction of sp³-hybridized carbons (Fsp3) is 0.368. The number of nitrogens with zero attached hydrogens (tertiary/aromatic N) is 1. The third-order valence-corrected chi connectivity index (χ3v) is 4.45. The second-order valence-electron chi connectivity index (χ2n) is 6.25. The highest BCUT2D eigenvalue weighted by atomic mass is 19.4. The second kappa shape index (κ2) is 6.85. The molecule has 24 heavy (non-hydrogen) atoms. The molecule has 1 fully saturated rings. The molecule has 1 saturated heterocycles. The lowest BCUT2D eigenvalue weighted by Gasteiger charge is -2.37. The zero-order chi connectivity index (χ0) is 17.2. The molecule has 0 saturated carbocycles. The number of alkyl halides is 3. The summed E-state index contributed by atoms with van der Waals surface area (Å²) in [6.45, 7) is 1.78. The van der Waals surface area contributed by atoms with Gasteiger partial charge >= 0.3 is 6.18 Å². The first kappa shape index (κ1) is 16.8. The predicted molar refractivity (Wildman–Crippen MR) is 87.2 cm³/mol. The SMILES string of the molecule is CN1CC[C@@H](Oc2ccc(C(F)(F)F)cc2)[C@@H](c2ccccc2)C1. The number of hydrogen-bond donors (Lipinski definition) is 0. The summed E-state index contributed by atoms with van der Waals surface area (Å²) in [7, 11) is 2.07. The molecule has 2 aromatic rings. The molecular weight excluding hydrogens is 315 g/mol. The number of likely N-dealkylation sites (N-methyl/N-ethyl adjacent to an activating group) is 1. The molecule has 2 aromatic carbocycles. The van der Waals surface area contributed by atoms with Crippen molar-refractivity contribution in [1.29, 1.82) is 0 Å². The van der Waals surface area contributed by atoms with Crippen LogP contribution in [0.5, 0.6) is 5.75 Å². The molecule has 1 aliphatic rings. The van der Waals surface area contributed by atoms with Crippen LogP contribution in [0.4, 0.5) is 13.2 Å². The highest BCUT2D eigenvalue weighted by Crippen LogP contribution is 2.33. The highest BCUT2D eigenvalue weighted by Gasteiger charge is 2.32. The molecule has 0 aromatic heterocycles. The molecule has 0 spiro atoms. The van der Waals surface area contributed by atoms with E-state index >= 15 is 0 Å². The summed E-state index contributed by atoms with van der Waals surface area (Å²) in [5.74, 6) is 0.686. The van der Waals surface area contributed by atoms with E-state index < -0.39 is 11.7 Å². The van der Waals surface area contributed by atoms with Crippen molar-refractivity contribution in [2.45, 2.75) is 24.6 Å². The van der Waals surface area contributed by atoms with Crippen molar-refractivity contribution in [2.24, 2.45) is 0 Å². The quantitative estimate of drug-likeness (QED) is 0.814. The maximum atomic E-state index is 12.7. The van der Waals surface area contributed by atoms with Gasteiger partial charge in [0, 0.05) is 19.0 Å².